The van der Waals surface area contributed by atoms with Crippen LogP contribution in [-0.2, 0) is 0 Å². The van der Waals surface area contributed by atoms with Crippen LogP contribution in [0.1, 0.15) is 30.2 Å². The fraction of sp³-hybridized carbons (Fsp3) is 0.360. The molecule has 1 unspecified atom stereocenters. The van der Waals surface area contributed by atoms with E-state index in [2.05, 4.69) is 21.2 Å². The largest absolute Gasteiger partial charge is 0.490 e. The van der Waals surface area contributed by atoms with Gasteiger partial charge in [-0.1, -0.05) is 35.3 Å². The second-order valence-electron chi connectivity index (χ2n) is 8.62. The van der Waals surface area contributed by atoms with Gasteiger partial charge in [0.15, 0.2) is 5.76 Å². The molecule has 0 radical (unpaired) electrons. The maximum atomic E-state index is 10.6. The Morgan fingerprint density at radius 3 is 2.65 bits per heavy atom. The van der Waals surface area contributed by atoms with Gasteiger partial charge in [0.25, 0.3) is 5.89 Å². The predicted molar refractivity (Wildman–Crippen MR) is 131 cm³/mol. The first-order valence-corrected chi connectivity index (χ1v) is 12.0. The van der Waals surface area contributed by atoms with Crippen LogP contribution >= 0.6 is 23.2 Å². The number of halogens is 2. The highest BCUT2D eigenvalue weighted by atomic mass is 35.5. The van der Waals surface area contributed by atoms with E-state index in [4.69, 9.17) is 36.8 Å². The minimum atomic E-state index is -0.609. The Hall–Kier alpha value is -2.58. The van der Waals surface area contributed by atoms with Crippen LogP contribution in [0.3, 0.4) is 0 Å². The number of β-amino-alcohol motifs (C(OH)–C–C–N with tert-alkyl or cyclic N) is 1. The molecule has 1 saturated heterocycles. The quantitative estimate of drug-likeness (QED) is 0.346. The summed E-state index contributed by atoms with van der Waals surface area (Å²) in [5.74, 6) is 2.37. The molecule has 4 aromatic rings. The number of likely N-dealkylation sites (tertiary alicyclic amines) is 1. The van der Waals surface area contributed by atoms with E-state index in [1.807, 2.05) is 36.4 Å². The lowest BCUT2D eigenvalue weighted by Gasteiger charge is -2.33. The zero-order valence-corrected chi connectivity index (χ0v) is 20.2. The summed E-state index contributed by atoms with van der Waals surface area (Å²) < 4.78 is 17.2. The number of benzene rings is 2. The Kier molecular flexibility index (Phi) is 6.79. The van der Waals surface area contributed by atoms with Crippen molar-refractivity contribution >= 4 is 34.2 Å². The molecular weight excluding hydrogens is 477 g/mol. The molecule has 7 nitrogen and oxygen atoms in total. The number of aryl methyl sites for hydroxylation is 1. The van der Waals surface area contributed by atoms with Crippen molar-refractivity contribution in [3.05, 3.63) is 64.0 Å². The van der Waals surface area contributed by atoms with Gasteiger partial charge in [0.2, 0.25) is 5.89 Å². The topological polar surface area (TPSA) is 84.8 Å². The molecule has 1 fully saturated rings. The molecule has 2 aromatic carbocycles. The number of hydrogen-bond donors (Lipinski definition) is 1. The highest BCUT2D eigenvalue weighted by Crippen LogP contribution is 2.34. The van der Waals surface area contributed by atoms with Gasteiger partial charge >= 0.3 is 0 Å². The van der Waals surface area contributed by atoms with Crippen molar-refractivity contribution in [1.29, 1.82) is 0 Å². The second-order valence-corrected chi connectivity index (χ2v) is 9.43. The Balaban J connectivity index is 1.16. The van der Waals surface area contributed by atoms with Gasteiger partial charge in [0.05, 0.1) is 15.4 Å². The lowest BCUT2D eigenvalue weighted by molar-refractivity contribution is 0.0599. The lowest BCUT2D eigenvalue weighted by atomic mass is 9.89. The molecule has 0 bridgehead atoms. The number of aromatic nitrogens is 2. The van der Waals surface area contributed by atoms with Crippen LogP contribution in [0, 0.1) is 6.92 Å². The van der Waals surface area contributed by atoms with Crippen molar-refractivity contribution < 1.29 is 18.7 Å². The molecule has 2 aromatic heterocycles. The van der Waals surface area contributed by atoms with Gasteiger partial charge in [-0.05, 0) is 61.7 Å². The third-order valence-electron chi connectivity index (χ3n) is 6.16. The van der Waals surface area contributed by atoms with Crippen LogP contribution in [0.4, 0.5) is 0 Å². The van der Waals surface area contributed by atoms with E-state index >= 15 is 0 Å². The molecule has 1 N–H and O–H groups in total. The average Bonchev–Trinajstić information content (AvgIpc) is 3.46. The molecule has 0 spiro atoms. The Morgan fingerprint density at radius 2 is 1.91 bits per heavy atom. The van der Waals surface area contributed by atoms with Crippen molar-refractivity contribution in [2.75, 3.05) is 26.2 Å². The number of ether oxygens (including phenoxy) is 1. The molecule has 9 heteroatoms. The van der Waals surface area contributed by atoms with Crippen LogP contribution in [0.25, 0.3) is 22.6 Å². The fourth-order valence-corrected chi connectivity index (χ4v) is 4.72. The maximum Gasteiger partial charge on any atom is 0.283 e. The number of nitrogens with zero attached hydrogens (tertiary/aromatic N) is 3. The molecule has 1 aliphatic rings. The van der Waals surface area contributed by atoms with Crippen molar-refractivity contribution in [3.63, 3.8) is 0 Å². The zero-order valence-electron chi connectivity index (χ0n) is 18.7. The molecule has 1 atom stereocenters. The minimum Gasteiger partial charge on any atom is -0.490 e. The summed E-state index contributed by atoms with van der Waals surface area (Å²) in [4.78, 5) is 2.27. The number of fused-ring (bicyclic) bond motifs is 1. The summed E-state index contributed by atoms with van der Waals surface area (Å²) in [6.07, 6.45) is 1.41. The molecule has 34 heavy (non-hydrogen) atoms. The number of furan rings is 1. The van der Waals surface area contributed by atoms with Gasteiger partial charge in [-0.3, -0.25) is 0 Å². The van der Waals surface area contributed by atoms with Crippen LogP contribution in [0.15, 0.2) is 51.3 Å². The average molecular weight is 502 g/mol. The summed E-state index contributed by atoms with van der Waals surface area (Å²) >= 11 is 12.2. The molecule has 1 aliphatic heterocycles. The SMILES string of the molecule is Cc1nnc(-c2cc3c(OCC(O)CN4CCC(c5ccc(Cl)c(Cl)c5)CC4)cccc3o2)o1. The summed E-state index contributed by atoms with van der Waals surface area (Å²) in [5.41, 5.74) is 1.88. The van der Waals surface area contributed by atoms with Crippen molar-refractivity contribution in [2.45, 2.75) is 31.8 Å². The molecule has 0 amide bonds. The van der Waals surface area contributed by atoms with E-state index in [1.54, 1.807) is 6.92 Å². The van der Waals surface area contributed by atoms with Crippen molar-refractivity contribution in [3.8, 4) is 17.4 Å². The minimum absolute atomic E-state index is 0.187. The van der Waals surface area contributed by atoms with E-state index in [1.165, 1.54) is 5.56 Å². The van der Waals surface area contributed by atoms with E-state index in [0.29, 0.717) is 51.4 Å². The van der Waals surface area contributed by atoms with Crippen LogP contribution in [0.5, 0.6) is 5.75 Å². The number of hydrogen-bond acceptors (Lipinski definition) is 7. The highest BCUT2D eigenvalue weighted by molar-refractivity contribution is 6.42. The lowest BCUT2D eigenvalue weighted by Crippen LogP contribution is -2.40. The van der Waals surface area contributed by atoms with E-state index in [0.717, 1.165) is 31.3 Å². The Bertz CT molecular complexity index is 1280. The van der Waals surface area contributed by atoms with E-state index in [9.17, 15) is 5.11 Å². The number of piperidine rings is 1. The fourth-order valence-electron chi connectivity index (χ4n) is 4.41. The third kappa shape index (κ3) is 5.08. The third-order valence-corrected chi connectivity index (χ3v) is 6.90. The molecular formula is C25H25Cl2N3O4. The summed E-state index contributed by atoms with van der Waals surface area (Å²) in [7, 11) is 0. The Morgan fingerprint density at radius 1 is 1.09 bits per heavy atom. The predicted octanol–water partition coefficient (Wildman–Crippen LogP) is 5.72. The van der Waals surface area contributed by atoms with Gasteiger partial charge in [0.1, 0.15) is 24.0 Å². The summed E-state index contributed by atoms with van der Waals surface area (Å²) in [6, 6.07) is 13.3. The Labute approximate surface area is 207 Å². The van der Waals surface area contributed by atoms with Gasteiger partial charge in [0, 0.05) is 19.5 Å². The standard InChI is InChI=1S/C25H25Cl2N3O4/c1-15-28-29-25(33-15)24-12-19-22(3-2-4-23(19)34-24)32-14-18(31)13-30-9-7-16(8-10-30)17-5-6-20(26)21(27)11-17/h2-6,11-12,16,18,31H,7-10,13-14H2,1H3. The number of aliphatic hydroxyl groups excluding tert-OH is 1. The molecule has 0 saturated carbocycles. The summed E-state index contributed by atoms with van der Waals surface area (Å²) in [5, 5.41) is 20.4. The highest BCUT2D eigenvalue weighted by Gasteiger charge is 2.23. The first-order valence-electron chi connectivity index (χ1n) is 11.3. The van der Waals surface area contributed by atoms with E-state index < -0.39 is 6.10 Å². The first-order chi connectivity index (χ1) is 16.5. The van der Waals surface area contributed by atoms with Gasteiger partial charge in [-0.2, -0.15) is 0 Å². The number of aliphatic hydroxyl groups is 1. The van der Waals surface area contributed by atoms with Gasteiger partial charge < -0.3 is 23.6 Å². The van der Waals surface area contributed by atoms with Crippen LogP contribution in [-0.4, -0.2) is 52.5 Å². The van der Waals surface area contributed by atoms with Crippen molar-refractivity contribution in [1.82, 2.24) is 15.1 Å². The molecule has 178 valence electrons. The monoisotopic (exact) mass is 501 g/mol. The zero-order chi connectivity index (χ0) is 23.7. The smallest absolute Gasteiger partial charge is 0.283 e. The molecule has 5 rings (SSSR count). The summed E-state index contributed by atoms with van der Waals surface area (Å²) in [6.45, 7) is 4.29. The van der Waals surface area contributed by atoms with E-state index in [-0.39, 0.29) is 6.61 Å². The first kappa shape index (κ1) is 23.2. The van der Waals surface area contributed by atoms with Gasteiger partial charge in [-0.15, -0.1) is 10.2 Å². The number of rotatable bonds is 7. The maximum absolute atomic E-state index is 10.6. The van der Waals surface area contributed by atoms with Crippen molar-refractivity contribution in [2.24, 2.45) is 0 Å². The normalized spacial score (nSPS) is 16.2. The second kappa shape index (κ2) is 9.96. The van der Waals surface area contributed by atoms with Crippen LogP contribution in [0.2, 0.25) is 10.0 Å². The van der Waals surface area contributed by atoms with Gasteiger partial charge in [-0.25, -0.2) is 0 Å². The molecule has 3 heterocycles. The van der Waals surface area contributed by atoms with Crippen LogP contribution < -0.4 is 4.74 Å². The molecule has 0 aliphatic carbocycles.